The quantitative estimate of drug-likeness (QED) is 0.216. The summed E-state index contributed by atoms with van der Waals surface area (Å²) < 4.78 is 4.64. The number of guanidine groups is 1. The second-order valence-corrected chi connectivity index (χ2v) is 6.52. The van der Waals surface area contributed by atoms with Crippen molar-refractivity contribution in [3.8, 4) is 0 Å². The van der Waals surface area contributed by atoms with E-state index in [1.807, 2.05) is 0 Å². The fourth-order valence-corrected chi connectivity index (χ4v) is 3.43. The third-order valence-corrected chi connectivity index (χ3v) is 4.88. The van der Waals surface area contributed by atoms with Crippen LogP contribution in [-0.2, 0) is 9.53 Å². The van der Waals surface area contributed by atoms with Gasteiger partial charge in [0.1, 0.15) is 0 Å². The summed E-state index contributed by atoms with van der Waals surface area (Å²) in [6.45, 7) is 8.15. The van der Waals surface area contributed by atoms with Crippen molar-refractivity contribution >= 4 is 47.7 Å². The molecule has 0 aromatic carbocycles. The van der Waals surface area contributed by atoms with Gasteiger partial charge in [0.05, 0.1) is 7.11 Å². The lowest BCUT2D eigenvalue weighted by Gasteiger charge is -2.34. The van der Waals surface area contributed by atoms with E-state index in [1.165, 1.54) is 19.3 Å². The number of carbonyl (C=O) groups excluding carboxylic acids is 1. The van der Waals surface area contributed by atoms with Crippen LogP contribution in [0.2, 0.25) is 0 Å². The molecule has 7 heteroatoms. The van der Waals surface area contributed by atoms with Crippen molar-refractivity contribution in [2.45, 2.75) is 44.8 Å². The van der Waals surface area contributed by atoms with Gasteiger partial charge in [-0.3, -0.25) is 9.79 Å². The Labute approximate surface area is 156 Å². The van der Waals surface area contributed by atoms with Crippen LogP contribution in [0, 0.1) is 0 Å². The molecular formula is C15H30IN3O2S. The Balaban J connectivity index is 0.00000441. The number of rotatable bonds is 7. The maximum absolute atomic E-state index is 11.0. The van der Waals surface area contributed by atoms with Crippen LogP contribution in [0.4, 0.5) is 0 Å². The average Bonchev–Trinajstić information content (AvgIpc) is 2.53. The summed E-state index contributed by atoms with van der Waals surface area (Å²) >= 11 is 2.06. The van der Waals surface area contributed by atoms with E-state index < -0.39 is 0 Å². The first-order chi connectivity index (χ1) is 10.2. The van der Waals surface area contributed by atoms with E-state index in [1.54, 1.807) is 0 Å². The molecule has 1 unspecified atom stereocenters. The van der Waals surface area contributed by atoms with Crippen LogP contribution in [0.3, 0.4) is 0 Å². The van der Waals surface area contributed by atoms with Crippen molar-refractivity contribution in [1.29, 1.82) is 0 Å². The molecule has 0 aromatic heterocycles. The molecule has 0 aliphatic carbocycles. The zero-order valence-electron chi connectivity index (χ0n) is 14.0. The first-order valence-corrected chi connectivity index (χ1v) is 8.97. The van der Waals surface area contributed by atoms with Gasteiger partial charge in [0.2, 0.25) is 0 Å². The van der Waals surface area contributed by atoms with E-state index >= 15 is 0 Å². The van der Waals surface area contributed by atoms with Gasteiger partial charge < -0.3 is 15.0 Å². The largest absolute Gasteiger partial charge is 0.469 e. The second-order valence-electron chi connectivity index (χ2n) is 5.12. The highest BCUT2D eigenvalue weighted by Crippen LogP contribution is 2.21. The van der Waals surface area contributed by atoms with Gasteiger partial charge in [-0.2, -0.15) is 11.8 Å². The fraction of sp³-hybridized carbons (Fsp3) is 0.867. The summed E-state index contributed by atoms with van der Waals surface area (Å²) in [4.78, 5) is 18.1. The first-order valence-electron chi connectivity index (χ1n) is 7.92. The standard InChI is InChI=1S/C15H29N3O2S.HI/c1-4-13-12-18(10-11-21-13)15(16-5-2)17-9-7-6-8-14(19)20-3;/h13H,4-12H2,1-3H3,(H,16,17);1H. The molecule has 1 aliphatic heterocycles. The van der Waals surface area contributed by atoms with E-state index in [0.29, 0.717) is 11.7 Å². The number of aliphatic imine (C=N–C) groups is 1. The van der Waals surface area contributed by atoms with Crippen LogP contribution in [0.25, 0.3) is 0 Å². The lowest BCUT2D eigenvalue weighted by atomic mass is 10.2. The number of unbranched alkanes of at least 4 members (excludes halogenated alkanes) is 1. The molecule has 1 aliphatic rings. The Kier molecular flexibility index (Phi) is 13.2. The maximum atomic E-state index is 11.0. The van der Waals surface area contributed by atoms with Gasteiger partial charge in [0.15, 0.2) is 5.96 Å². The first kappa shape index (κ1) is 21.8. The monoisotopic (exact) mass is 443 g/mol. The Hall–Kier alpha value is -0.180. The van der Waals surface area contributed by atoms with E-state index in [0.717, 1.165) is 45.0 Å². The van der Waals surface area contributed by atoms with Gasteiger partial charge >= 0.3 is 5.97 Å². The summed E-state index contributed by atoms with van der Waals surface area (Å²) in [5.74, 6) is 2.06. The lowest BCUT2D eigenvalue weighted by Crippen LogP contribution is -2.48. The van der Waals surface area contributed by atoms with E-state index in [9.17, 15) is 4.79 Å². The predicted molar refractivity (Wildman–Crippen MR) is 105 cm³/mol. The van der Waals surface area contributed by atoms with Gasteiger partial charge in [-0.1, -0.05) is 6.92 Å². The molecule has 1 fully saturated rings. The van der Waals surface area contributed by atoms with Crippen molar-refractivity contribution in [3.63, 3.8) is 0 Å². The number of thioether (sulfide) groups is 1. The Morgan fingerprint density at radius 3 is 2.82 bits per heavy atom. The van der Waals surface area contributed by atoms with Crippen molar-refractivity contribution < 1.29 is 9.53 Å². The van der Waals surface area contributed by atoms with Crippen LogP contribution >= 0.6 is 35.7 Å². The molecule has 0 bridgehead atoms. The number of carbonyl (C=O) groups is 1. The van der Waals surface area contributed by atoms with Crippen LogP contribution in [0.15, 0.2) is 4.99 Å². The van der Waals surface area contributed by atoms with Crippen LogP contribution in [0.5, 0.6) is 0 Å². The Morgan fingerprint density at radius 1 is 1.41 bits per heavy atom. The Bertz CT molecular complexity index is 343. The summed E-state index contributed by atoms with van der Waals surface area (Å²) in [5, 5.41) is 4.09. The maximum Gasteiger partial charge on any atom is 0.305 e. The SMILES string of the molecule is CCNC(=NCCCCC(=O)OC)N1CCSC(CC)C1.I. The predicted octanol–water partition coefficient (Wildman–Crippen LogP) is 2.74. The third kappa shape index (κ3) is 8.45. The number of esters is 1. The van der Waals surface area contributed by atoms with Crippen molar-refractivity contribution in [3.05, 3.63) is 0 Å². The lowest BCUT2D eigenvalue weighted by molar-refractivity contribution is -0.140. The fourth-order valence-electron chi connectivity index (χ4n) is 2.25. The van der Waals surface area contributed by atoms with Crippen molar-refractivity contribution in [1.82, 2.24) is 10.2 Å². The zero-order valence-corrected chi connectivity index (χ0v) is 17.1. The van der Waals surface area contributed by atoms with Crippen molar-refractivity contribution in [2.24, 2.45) is 4.99 Å². The van der Waals surface area contributed by atoms with E-state index in [4.69, 9.17) is 4.99 Å². The number of nitrogens with one attached hydrogen (secondary N) is 1. The number of hydrogen-bond acceptors (Lipinski definition) is 4. The molecule has 1 N–H and O–H groups in total. The van der Waals surface area contributed by atoms with Gasteiger partial charge in [-0.25, -0.2) is 0 Å². The minimum atomic E-state index is -0.135. The minimum Gasteiger partial charge on any atom is -0.469 e. The molecule has 5 nitrogen and oxygen atoms in total. The molecule has 0 spiro atoms. The summed E-state index contributed by atoms with van der Waals surface area (Å²) in [7, 11) is 1.43. The van der Waals surface area contributed by atoms with Crippen LogP contribution in [-0.4, -0.2) is 61.1 Å². The molecule has 0 radical (unpaired) electrons. The summed E-state index contributed by atoms with van der Waals surface area (Å²) in [5.41, 5.74) is 0. The van der Waals surface area contributed by atoms with Crippen LogP contribution in [0.1, 0.15) is 39.5 Å². The normalized spacial score (nSPS) is 18.6. The smallest absolute Gasteiger partial charge is 0.305 e. The highest BCUT2D eigenvalue weighted by Gasteiger charge is 2.21. The molecule has 0 amide bonds. The highest BCUT2D eigenvalue weighted by atomic mass is 127. The van der Waals surface area contributed by atoms with Gasteiger partial charge in [0.25, 0.3) is 0 Å². The number of ether oxygens (including phenoxy) is 1. The second kappa shape index (κ2) is 13.3. The molecule has 130 valence electrons. The molecule has 1 saturated heterocycles. The van der Waals surface area contributed by atoms with Crippen LogP contribution < -0.4 is 5.32 Å². The number of halogens is 1. The number of hydrogen-bond donors (Lipinski definition) is 1. The summed E-state index contributed by atoms with van der Waals surface area (Å²) in [6.07, 6.45) is 3.45. The molecule has 0 aromatic rings. The van der Waals surface area contributed by atoms with Crippen molar-refractivity contribution in [2.75, 3.05) is 39.0 Å². The Morgan fingerprint density at radius 2 is 2.18 bits per heavy atom. The molecule has 1 heterocycles. The molecule has 0 saturated carbocycles. The minimum absolute atomic E-state index is 0. The molecule has 22 heavy (non-hydrogen) atoms. The average molecular weight is 443 g/mol. The molecular weight excluding hydrogens is 413 g/mol. The van der Waals surface area contributed by atoms with Gasteiger partial charge in [-0.05, 0) is 26.2 Å². The van der Waals surface area contributed by atoms with Gasteiger partial charge in [0, 0.05) is 43.6 Å². The van der Waals surface area contributed by atoms with Gasteiger partial charge in [-0.15, -0.1) is 24.0 Å². The zero-order chi connectivity index (χ0) is 15.5. The number of nitrogens with zero attached hydrogens (tertiary/aromatic N) is 2. The topological polar surface area (TPSA) is 53.9 Å². The van der Waals surface area contributed by atoms with E-state index in [-0.39, 0.29) is 29.9 Å². The summed E-state index contributed by atoms with van der Waals surface area (Å²) in [6, 6.07) is 0. The van der Waals surface area contributed by atoms with E-state index in [2.05, 4.69) is 40.6 Å². The molecule has 1 atom stereocenters. The molecule has 1 rings (SSSR count). The highest BCUT2D eigenvalue weighted by molar-refractivity contribution is 14.0. The number of methoxy groups -OCH3 is 1. The third-order valence-electron chi connectivity index (χ3n) is 3.51.